The topological polar surface area (TPSA) is 43.4 Å². The third-order valence-electron chi connectivity index (χ3n) is 1.66. The molecule has 0 heterocycles. The summed E-state index contributed by atoms with van der Waals surface area (Å²) in [7, 11) is 0. The maximum absolute atomic E-state index is 11.0. The van der Waals surface area contributed by atoms with Crippen molar-refractivity contribution >= 4 is 34.4 Å². The molecule has 5 heteroatoms. The first kappa shape index (κ1) is 12.0. The molecule has 0 atom stereocenters. The van der Waals surface area contributed by atoms with E-state index in [0.29, 0.717) is 0 Å². The van der Waals surface area contributed by atoms with Crippen molar-refractivity contribution in [1.82, 2.24) is 0 Å². The van der Waals surface area contributed by atoms with Crippen LogP contribution in [-0.2, 0) is 10.7 Å². The largest absolute Gasteiger partial charge is 0.426 e. The van der Waals surface area contributed by atoms with Gasteiger partial charge in [-0.15, -0.1) is 11.6 Å². The zero-order valence-electron chi connectivity index (χ0n) is 7.92. The predicted molar refractivity (Wildman–Crippen MR) is 57.5 cm³/mol. The van der Waals surface area contributed by atoms with Gasteiger partial charge in [0.2, 0.25) is 0 Å². The highest BCUT2D eigenvalue weighted by Gasteiger charge is 2.12. The number of halogens is 2. The minimum Gasteiger partial charge on any atom is -0.426 e. The van der Waals surface area contributed by atoms with Gasteiger partial charge in [0.25, 0.3) is 5.24 Å². The lowest BCUT2D eigenvalue weighted by Gasteiger charge is -2.06. The van der Waals surface area contributed by atoms with Crippen LogP contribution in [0.3, 0.4) is 0 Å². The van der Waals surface area contributed by atoms with Crippen LogP contribution in [0.2, 0.25) is 0 Å². The van der Waals surface area contributed by atoms with Crippen LogP contribution in [-0.4, -0.2) is 11.2 Å². The fourth-order valence-electron chi connectivity index (χ4n) is 1.06. The van der Waals surface area contributed by atoms with Crippen molar-refractivity contribution in [2.24, 2.45) is 0 Å². The van der Waals surface area contributed by atoms with E-state index < -0.39 is 11.2 Å². The normalized spacial score (nSPS) is 9.80. The van der Waals surface area contributed by atoms with Crippen molar-refractivity contribution in [1.29, 1.82) is 0 Å². The van der Waals surface area contributed by atoms with Crippen molar-refractivity contribution in [3.05, 3.63) is 29.3 Å². The van der Waals surface area contributed by atoms with Gasteiger partial charge < -0.3 is 4.74 Å². The van der Waals surface area contributed by atoms with E-state index in [1.165, 1.54) is 19.1 Å². The summed E-state index contributed by atoms with van der Waals surface area (Å²) in [5, 5.41) is -0.682. The Kier molecular flexibility index (Phi) is 4.12. The number of ether oxygens (including phenoxy) is 1. The molecule has 0 N–H and O–H groups in total. The van der Waals surface area contributed by atoms with Gasteiger partial charge in [-0.2, -0.15) is 0 Å². The van der Waals surface area contributed by atoms with E-state index in [4.69, 9.17) is 27.9 Å². The summed E-state index contributed by atoms with van der Waals surface area (Å²) < 4.78 is 4.82. The molecule has 0 amide bonds. The molecule has 0 unspecified atom stereocenters. The Balaban J connectivity index is 3.15. The number of benzene rings is 1. The quantitative estimate of drug-likeness (QED) is 0.357. The van der Waals surface area contributed by atoms with Crippen LogP contribution >= 0.6 is 23.2 Å². The highest BCUT2D eigenvalue weighted by atomic mass is 35.5. The van der Waals surface area contributed by atoms with Gasteiger partial charge >= 0.3 is 5.97 Å². The summed E-state index contributed by atoms with van der Waals surface area (Å²) in [4.78, 5) is 21.8. The number of rotatable bonds is 3. The number of hydrogen-bond acceptors (Lipinski definition) is 3. The molecule has 3 nitrogen and oxygen atoms in total. The molecule has 0 spiro atoms. The summed E-state index contributed by atoms with van der Waals surface area (Å²) in [6.45, 7) is 1.25. The van der Waals surface area contributed by atoms with Crippen LogP contribution in [0.4, 0.5) is 0 Å². The number of carbonyl (C=O) groups is 2. The summed E-state index contributed by atoms with van der Waals surface area (Å²) in [5.41, 5.74) is 0.876. The van der Waals surface area contributed by atoms with Gasteiger partial charge in [-0.05, 0) is 29.3 Å². The van der Waals surface area contributed by atoms with Crippen molar-refractivity contribution in [2.75, 3.05) is 0 Å². The van der Waals surface area contributed by atoms with E-state index in [2.05, 4.69) is 0 Å². The molecule has 0 aliphatic rings. The molecule has 1 rings (SSSR count). The highest BCUT2D eigenvalue weighted by Crippen LogP contribution is 2.23. The second-order valence-electron chi connectivity index (χ2n) is 2.83. The first-order chi connectivity index (χ1) is 7.04. The maximum atomic E-state index is 11.0. The van der Waals surface area contributed by atoms with E-state index in [9.17, 15) is 9.59 Å². The Morgan fingerprint density at radius 3 is 2.53 bits per heavy atom. The fraction of sp³-hybridized carbons (Fsp3) is 0.200. The van der Waals surface area contributed by atoms with Gasteiger partial charge in [-0.1, -0.05) is 6.07 Å². The highest BCUT2D eigenvalue weighted by molar-refractivity contribution is 6.68. The average molecular weight is 247 g/mol. The zero-order chi connectivity index (χ0) is 11.4. The third-order valence-corrected chi connectivity index (χ3v) is 2.18. The molecular formula is C10H8Cl2O3. The van der Waals surface area contributed by atoms with Crippen molar-refractivity contribution < 1.29 is 14.3 Å². The Hall–Kier alpha value is -1.06. The zero-order valence-corrected chi connectivity index (χ0v) is 9.43. The van der Waals surface area contributed by atoms with Crippen LogP contribution < -0.4 is 4.74 Å². The monoisotopic (exact) mass is 246 g/mol. The molecule has 0 saturated heterocycles. The van der Waals surface area contributed by atoms with Crippen LogP contribution in [0.1, 0.15) is 22.8 Å². The Labute approximate surface area is 96.9 Å². The van der Waals surface area contributed by atoms with Crippen molar-refractivity contribution in [3.63, 3.8) is 0 Å². The lowest BCUT2D eigenvalue weighted by molar-refractivity contribution is -0.131. The first-order valence-corrected chi connectivity index (χ1v) is 5.03. The molecule has 0 aliphatic carbocycles. The van der Waals surface area contributed by atoms with Gasteiger partial charge in [0, 0.05) is 12.8 Å². The van der Waals surface area contributed by atoms with Gasteiger partial charge in [0.1, 0.15) is 5.75 Å². The lowest BCUT2D eigenvalue weighted by atomic mass is 10.1. The van der Waals surface area contributed by atoms with Crippen LogP contribution in [0.5, 0.6) is 5.75 Å². The van der Waals surface area contributed by atoms with Gasteiger partial charge in [-0.3, -0.25) is 9.59 Å². The lowest BCUT2D eigenvalue weighted by Crippen LogP contribution is -2.05. The van der Waals surface area contributed by atoms with E-state index in [0.717, 1.165) is 5.56 Å². The van der Waals surface area contributed by atoms with Crippen molar-refractivity contribution in [2.45, 2.75) is 12.8 Å². The number of hydrogen-bond donors (Lipinski definition) is 0. The molecule has 0 radical (unpaired) electrons. The number of esters is 1. The summed E-state index contributed by atoms with van der Waals surface area (Å²) in [5.74, 6) is -0.0958. The van der Waals surface area contributed by atoms with Gasteiger partial charge in [0.05, 0.1) is 5.56 Å². The summed E-state index contributed by atoms with van der Waals surface area (Å²) in [6.07, 6.45) is 0. The molecule has 0 aromatic heterocycles. The second kappa shape index (κ2) is 5.14. The molecular weight excluding hydrogens is 239 g/mol. The van der Waals surface area contributed by atoms with E-state index in [-0.39, 0.29) is 17.2 Å². The minimum atomic E-state index is -0.682. The van der Waals surface area contributed by atoms with E-state index in [1.807, 2.05) is 0 Å². The summed E-state index contributed by atoms with van der Waals surface area (Å²) >= 11 is 10.9. The van der Waals surface area contributed by atoms with E-state index >= 15 is 0 Å². The van der Waals surface area contributed by atoms with Crippen LogP contribution in [0.25, 0.3) is 0 Å². The molecule has 80 valence electrons. The van der Waals surface area contributed by atoms with Gasteiger partial charge in [0.15, 0.2) is 0 Å². The smallest absolute Gasteiger partial charge is 0.308 e. The van der Waals surface area contributed by atoms with Crippen LogP contribution in [0, 0.1) is 0 Å². The fourth-order valence-corrected chi connectivity index (χ4v) is 1.37. The standard InChI is InChI=1S/C10H8Cl2O3/c1-6(13)15-9-3-2-7(5-11)4-8(9)10(12)14/h2-4H,5H2,1H3. The van der Waals surface area contributed by atoms with Gasteiger partial charge in [-0.25, -0.2) is 0 Å². The molecule has 1 aromatic carbocycles. The van der Waals surface area contributed by atoms with Crippen molar-refractivity contribution in [3.8, 4) is 5.75 Å². The summed E-state index contributed by atoms with van der Waals surface area (Å²) in [6, 6.07) is 4.66. The average Bonchev–Trinajstić information content (AvgIpc) is 2.17. The van der Waals surface area contributed by atoms with Crippen LogP contribution in [0.15, 0.2) is 18.2 Å². The predicted octanol–water partition coefficient (Wildman–Crippen LogP) is 2.73. The Morgan fingerprint density at radius 2 is 2.07 bits per heavy atom. The minimum absolute atomic E-state index is 0.144. The maximum Gasteiger partial charge on any atom is 0.308 e. The molecule has 15 heavy (non-hydrogen) atoms. The molecule has 0 saturated carbocycles. The first-order valence-electron chi connectivity index (χ1n) is 4.11. The number of alkyl halides is 1. The Morgan fingerprint density at radius 1 is 1.40 bits per heavy atom. The third kappa shape index (κ3) is 3.22. The molecule has 0 bridgehead atoms. The molecule has 1 aromatic rings. The molecule has 0 fully saturated rings. The Bertz CT molecular complexity index is 402. The second-order valence-corrected chi connectivity index (χ2v) is 3.44. The SMILES string of the molecule is CC(=O)Oc1ccc(CCl)cc1C(=O)Cl. The molecule has 0 aliphatic heterocycles. The number of carbonyl (C=O) groups excluding carboxylic acids is 2. The van der Waals surface area contributed by atoms with E-state index in [1.54, 1.807) is 6.07 Å².